The Morgan fingerprint density at radius 3 is 2.47 bits per heavy atom. The summed E-state index contributed by atoms with van der Waals surface area (Å²) in [5.41, 5.74) is 0.401. The van der Waals surface area contributed by atoms with Crippen molar-refractivity contribution in [3.05, 3.63) is 64.7 Å². The van der Waals surface area contributed by atoms with Crippen molar-refractivity contribution in [2.24, 2.45) is 0 Å². The highest BCUT2D eigenvalue weighted by Crippen LogP contribution is 2.31. The maximum atomic E-state index is 13.1. The molecule has 0 bridgehead atoms. The molecule has 2 fully saturated rings. The first-order valence-corrected chi connectivity index (χ1v) is 10.1. The maximum Gasteiger partial charge on any atom is 0.325 e. The van der Waals surface area contributed by atoms with Crippen LogP contribution in [0.25, 0.3) is 0 Å². The first-order chi connectivity index (χ1) is 14.4. The number of amides is 4. The summed E-state index contributed by atoms with van der Waals surface area (Å²) >= 11 is 6.01. The number of benzene rings is 2. The van der Waals surface area contributed by atoms with Gasteiger partial charge in [-0.25, -0.2) is 4.79 Å². The number of imide groups is 1. The minimum Gasteiger partial charge on any atom is -0.497 e. The van der Waals surface area contributed by atoms with Crippen molar-refractivity contribution >= 4 is 29.4 Å². The second-order valence-corrected chi connectivity index (χ2v) is 7.99. The molecule has 1 N–H and O–H groups in total. The van der Waals surface area contributed by atoms with Gasteiger partial charge in [0.25, 0.3) is 11.8 Å². The average Bonchev–Trinajstić information content (AvgIpc) is 2.98. The summed E-state index contributed by atoms with van der Waals surface area (Å²) in [7, 11) is 1.57. The smallest absolute Gasteiger partial charge is 0.325 e. The van der Waals surface area contributed by atoms with Gasteiger partial charge in [0.1, 0.15) is 11.3 Å². The first kappa shape index (κ1) is 20.2. The van der Waals surface area contributed by atoms with Crippen LogP contribution in [0.4, 0.5) is 4.79 Å². The zero-order valence-electron chi connectivity index (χ0n) is 16.6. The molecule has 2 aliphatic heterocycles. The minimum absolute atomic E-state index is 0.0972. The molecule has 2 heterocycles. The molecule has 0 aliphatic carbocycles. The van der Waals surface area contributed by atoms with E-state index in [0.29, 0.717) is 42.3 Å². The molecular formula is C22H22ClN3O4. The number of halogens is 1. The van der Waals surface area contributed by atoms with Gasteiger partial charge in [0.2, 0.25) is 0 Å². The van der Waals surface area contributed by atoms with Crippen molar-refractivity contribution in [3.8, 4) is 5.75 Å². The molecule has 4 rings (SSSR count). The number of hydrogen-bond acceptors (Lipinski definition) is 4. The number of rotatable bonds is 4. The highest BCUT2D eigenvalue weighted by Gasteiger charge is 2.52. The summed E-state index contributed by atoms with van der Waals surface area (Å²) in [4.78, 5) is 41.3. The topological polar surface area (TPSA) is 79.0 Å². The van der Waals surface area contributed by atoms with E-state index in [0.717, 1.165) is 5.56 Å². The van der Waals surface area contributed by atoms with Crippen molar-refractivity contribution in [1.29, 1.82) is 0 Å². The standard InChI is InChI=1S/C22H22ClN3O4/c1-30-18-7-5-16(6-8-18)19(27)25-11-9-22(10-12-25)20(28)26(21(29)24-22)14-15-3-2-4-17(23)13-15/h2-8,13H,9-12,14H2,1H3,(H,24,29). The van der Waals surface area contributed by atoms with Crippen molar-refractivity contribution in [3.63, 3.8) is 0 Å². The van der Waals surface area contributed by atoms with Crippen LogP contribution < -0.4 is 10.1 Å². The predicted molar refractivity (Wildman–Crippen MR) is 111 cm³/mol. The molecule has 0 aromatic heterocycles. The number of nitrogens with zero attached hydrogens (tertiary/aromatic N) is 2. The fraction of sp³-hybridized carbons (Fsp3) is 0.318. The number of piperidine rings is 1. The second-order valence-electron chi connectivity index (χ2n) is 7.55. The van der Waals surface area contributed by atoms with Gasteiger partial charge in [-0.15, -0.1) is 0 Å². The molecule has 156 valence electrons. The Labute approximate surface area is 179 Å². The van der Waals surface area contributed by atoms with Gasteiger partial charge in [-0.2, -0.15) is 0 Å². The third kappa shape index (κ3) is 3.73. The lowest BCUT2D eigenvalue weighted by Crippen LogP contribution is -2.55. The molecule has 8 heteroatoms. The molecular weight excluding hydrogens is 406 g/mol. The largest absolute Gasteiger partial charge is 0.497 e. The molecule has 2 saturated heterocycles. The minimum atomic E-state index is -0.952. The van der Waals surface area contributed by atoms with E-state index in [1.807, 2.05) is 6.07 Å². The molecule has 2 aromatic rings. The van der Waals surface area contributed by atoms with Crippen LogP contribution in [0.15, 0.2) is 48.5 Å². The third-order valence-corrected chi connectivity index (χ3v) is 5.95. The number of urea groups is 1. The van der Waals surface area contributed by atoms with Gasteiger partial charge < -0.3 is 15.0 Å². The van der Waals surface area contributed by atoms with E-state index < -0.39 is 11.6 Å². The van der Waals surface area contributed by atoms with Crippen LogP contribution in [0.5, 0.6) is 5.75 Å². The average molecular weight is 428 g/mol. The van der Waals surface area contributed by atoms with E-state index in [2.05, 4.69) is 5.32 Å². The second kappa shape index (κ2) is 7.99. The molecule has 0 saturated carbocycles. The molecule has 2 aromatic carbocycles. The number of methoxy groups -OCH3 is 1. The van der Waals surface area contributed by atoms with Crippen LogP contribution in [-0.4, -0.2) is 53.4 Å². The Hall–Kier alpha value is -3.06. The fourth-order valence-electron chi connectivity index (χ4n) is 3.98. The summed E-state index contributed by atoms with van der Waals surface area (Å²) in [5.74, 6) is 0.340. The van der Waals surface area contributed by atoms with Crippen LogP contribution in [0.2, 0.25) is 5.02 Å². The third-order valence-electron chi connectivity index (χ3n) is 5.72. The Bertz CT molecular complexity index is 984. The maximum absolute atomic E-state index is 13.1. The normalized spacial score (nSPS) is 17.9. The van der Waals surface area contributed by atoms with Crippen molar-refractivity contribution < 1.29 is 19.1 Å². The summed E-state index contributed by atoms with van der Waals surface area (Å²) in [6.45, 7) is 0.950. The number of ether oxygens (including phenoxy) is 1. The molecule has 4 amide bonds. The van der Waals surface area contributed by atoms with E-state index in [1.54, 1.807) is 54.5 Å². The number of carbonyl (C=O) groups is 3. The molecule has 0 radical (unpaired) electrons. The van der Waals surface area contributed by atoms with Crippen LogP contribution >= 0.6 is 11.6 Å². The molecule has 2 aliphatic rings. The molecule has 0 unspecified atom stereocenters. The lowest BCUT2D eigenvalue weighted by molar-refractivity contribution is -0.133. The molecule has 1 spiro atoms. The quantitative estimate of drug-likeness (QED) is 0.760. The summed E-state index contributed by atoms with van der Waals surface area (Å²) in [6.07, 6.45) is 0.761. The highest BCUT2D eigenvalue weighted by atomic mass is 35.5. The van der Waals surface area contributed by atoms with Gasteiger partial charge in [-0.3, -0.25) is 14.5 Å². The fourth-order valence-corrected chi connectivity index (χ4v) is 4.20. The highest BCUT2D eigenvalue weighted by molar-refractivity contribution is 6.30. The van der Waals surface area contributed by atoms with Gasteiger partial charge in [0.15, 0.2) is 0 Å². The first-order valence-electron chi connectivity index (χ1n) is 9.74. The van der Waals surface area contributed by atoms with Gasteiger partial charge in [0, 0.05) is 23.7 Å². The monoisotopic (exact) mass is 427 g/mol. The summed E-state index contributed by atoms with van der Waals surface area (Å²) in [5, 5.41) is 3.42. The van der Waals surface area contributed by atoms with Gasteiger partial charge in [0.05, 0.1) is 13.7 Å². The predicted octanol–water partition coefficient (Wildman–Crippen LogP) is 3.08. The van der Waals surface area contributed by atoms with Crippen molar-refractivity contribution in [2.75, 3.05) is 20.2 Å². The van der Waals surface area contributed by atoms with Crippen LogP contribution in [0.3, 0.4) is 0 Å². The summed E-state index contributed by atoms with van der Waals surface area (Å²) < 4.78 is 5.12. The lowest BCUT2D eigenvalue weighted by atomic mass is 9.87. The lowest BCUT2D eigenvalue weighted by Gasteiger charge is -2.37. The Morgan fingerprint density at radius 1 is 1.13 bits per heavy atom. The number of nitrogens with one attached hydrogen (secondary N) is 1. The van der Waals surface area contributed by atoms with Gasteiger partial charge >= 0.3 is 6.03 Å². The Morgan fingerprint density at radius 2 is 1.83 bits per heavy atom. The van der Waals surface area contributed by atoms with Crippen LogP contribution in [0.1, 0.15) is 28.8 Å². The van der Waals surface area contributed by atoms with E-state index in [-0.39, 0.29) is 18.4 Å². The van der Waals surface area contributed by atoms with E-state index in [1.165, 1.54) is 4.90 Å². The van der Waals surface area contributed by atoms with E-state index in [9.17, 15) is 14.4 Å². The number of carbonyl (C=O) groups excluding carboxylic acids is 3. The van der Waals surface area contributed by atoms with Crippen molar-refractivity contribution in [1.82, 2.24) is 15.1 Å². The molecule has 30 heavy (non-hydrogen) atoms. The van der Waals surface area contributed by atoms with E-state index >= 15 is 0 Å². The van der Waals surface area contributed by atoms with Gasteiger partial charge in [-0.1, -0.05) is 23.7 Å². The zero-order chi connectivity index (χ0) is 21.3. The van der Waals surface area contributed by atoms with E-state index in [4.69, 9.17) is 16.3 Å². The Balaban J connectivity index is 1.42. The van der Waals surface area contributed by atoms with Crippen LogP contribution in [0, 0.1) is 0 Å². The van der Waals surface area contributed by atoms with Gasteiger partial charge in [-0.05, 0) is 54.8 Å². The molecule has 0 atom stereocenters. The Kier molecular flexibility index (Phi) is 5.39. The molecule has 7 nitrogen and oxygen atoms in total. The van der Waals surface area contributed by atoms with Crippen LogP contribution in [-0.2, 0) is 11.3 Å². The number of likely N-dealkylation sites (tertiary alicyclic amines) is 1. The summed E-state index contributed by atoms with van der Waals surface area (Å²) in [6, 6.07) is 13.6. The number of hydrogen-bond donors (Lipinski definition) is 1. The zero-order valence-corrected chi connectivity index (χ0v) is 17.3. The van der Waals surface area contributed by atoms with Crippen molar-refractivity contribution in [2.45, 2.75) is 24.9 Å². The SMILES string of the molecule is COc1ccc(C(=O)N2CCC3(CC2)NC(=O)N(Cc2cccc(Cl)c2)C3=O)cc1.